The summed E-state index contributed by atoms with van der Waals surface area (Å²) in [6, 6.07) is 11.8. The number of nitrogens with one attached hydrogen (secondary N) is 1. The number of benzene rings is 1. The second kappa shape index (κ2) is 7.74. The molecule has 0 fully saturated rings. The number of anilines is 1. The Bertz CT molecular complexity index is 933. The Morgan fingerprint density at radius 3 is 2.65 bits per heavy atom. The quantitative estimate of drug-likeness (QED) is 0.699. The molecule has 0 aliphatic rings. The predicted octanol–water partition coefficient (Wildman–Crippen LogP) is 4.88. The van der Waals surface area contributed by atoms with E-state index in [0.29, 0.717) is 16.4 Å². The topological polar surface area (TPSA) is 59.8 Å². The van der Waals surface area contributed by atoms with Gasteiger partial charge in [-0.2, -0.15) is 5.10 Å². The van der Waals surface area contributed by atoms with Crippen LogP contribution in [-0.4, -0.2) is 20.7 Å². The summed E-state index contributed by atoms with van der Waals surface area (Å²) in [4.78, 5) is 18.3. The maximum atomic E-state index is 12.8. The summed E-state index contributed by atoms with van der Waals surface area (Å²) in [6.07, 6.45) is 3.39. The van der Waals surface area contributed by atoms with Crippen molar-refractivity contribution in [3.05, 3.63) is 65.5 Å². The van der Waals surface area contributed by atoms with Gasteiger partial charge in [-0.3, -0.25) is 4.79 Å². The first-order chi connectivity index (χ1) is 12.5. The lowest BCUT2D eigenvalue weighted by atomic mass is 10.1. The van der Waals surface area contributed by atoms with E-state index in [-0.39, 0.29) is 11.9 Å². The summed E-state index contributed by atoms with van der Waals surface area (Å²) in [6.45, 7) is 8.21. The fourth-order valence-electron chi connectivity index (χ4n) is 2.54. The van der Waals surface area contributed by atoms with Crippen LogP contribution in [0.15, 0.2) is 58.7 Å². The van der Waals surface area contributed by atoms with Crippen LogP contribution in [0.2, 0.25) is 0 Å². The lowest BCUT2D eigenvalue weighted by Gasteiger charge is -2.13. The van der Waals surface area contributed by atoms with Gasteiger partial charge in [0.2, 0.25) is 0 Å². The maximum absolute atomic E-state index is 12.8. The first-order valence-corrected chi connectivity index (χ1v) is 9.32. The molecule has 5 nitrogen and oxygen atoms in total. The monoisotopic (exact) mass is 366 g/mol. The molecule has 0 spiro atoms. The molecule has 3 aromatic rings. The average molecular weight is 366 g/mol. The zero-order valence-corrected chi connectivity index (χ0v) is 16.2. The van der Waals surface area contributed by atoms with E-state index >= 15 is 0 Å². The number of pyridine rings is 1. The van der Waals surface area contributed by atoms with E-state index in [0.717, 1.165) is 4.90 Å². The van der Waals surface area contributed by atoms with Crippen LogP contribution >= 0.6 is 11.8 Å². The van der Waals surface area contributed by atoms with Gasteiger partial charge in [0.05, 0.1) is 11.8 Å². The minimum absolute atomic E-state index is 0.165. The van der Waals surface area contributed by atoms with Crippen molar-refractivity contribution < 1.29 is 4.79 Å². The summed E-state index contributed by atoms with van der Waals surface area (Å²) < 4.78 is 1.78. The van der Waals surface area contributed by atoms with Gasteiger partial charge in [0.15, 0.2) is 0 Å². The second-order valence-corrected chi connectivity index (χ2v) is 7.48. The highest BCUT2D eigenvalue weighted by Crippen LogP contribution is 2.30. The van der Waals surface area contributed by atoms with Gasteiger partial charge in [-0.05, 0) is 63.1 Å². The number of carbonyl (C=O) groups excluding carboxylic acids is 1. The lowest BCUT2D eigenvalue weighted by molar-refractivity contribution is 0.102. The highest BCUT2D eigenvalue weighted by molar-refractivity contribution is 7.99. The minimum atomic E-state index is -0.188. The zero-order chi connectivity index (χ0) is 18.7. The van der Waals surface area contributed by atoms with Crippen molar-refractivity contribution in [2.24, 2.45) is 0 Å². The van der Waals surface area contributed by atoms with Gasteiger partial charge in [-0.1, -0.05) is 17.8 Å². The number of carbonyl (C=O) groups is 1. The summed E-state index contributed by atoms with van der Waals surface area (Å²) in [5, 5.41) is 7.88. The van der Waals surface area contributed by atoms with Crippen molar-refractivity contribution in [3.8, 4) is 0 Å². The molecule has 0 atom stereocenters. The molecule has 0 aliphatic heterocycles. The van der Waals surface area contributed by atoms with E-state index in [1.54, 1.807) is 35.3 Å². The van der Waals surface area contributed by atoms with Gasteiger partial charge in [0.25, 0.3) is 5.91 Å². The fourth-order valence-corrected chi connectivity index (χ4v) is 3.52. The lowest BCUT2D eigenvalue weighted by Crippen LogP contribution is -2.17. The summed E-state index contributed by atoms with van der Waals surface area (Å²) in [5.74, 6) is 0.489. The Kier molecular flexibility index (Phi) is 5.42. The van der Waals surface area contributed by atoms with Gasteiger partial charge >= 0.3 is 0 Å². The number of hydrogen-bond acceptors (Lipinski definition) is 4. The van der Waals surface area contributed by atoms with Crippen molar-refractivity contribution in [1.82, 2.24) is 14.8 Å². The molecule has 0 saturated carbocycles. The minimum Gasteiger partial charge on any atom is -0.307 e. The smallest absolute Gasteiger partial charge is 0.259 e. The van der Waals surface area contributed by atoms with Crippen molar-refractivity contribution in [1.29, 1.82) is 0 Å². The normalized spacial score (nSPS) is 11.0. The molecule has 0 saturated heterocycles. The SMILES string of the molecule is Cc1ccc(Sc2ncccc2C(=O)Nc2ccnn2C(C)C)cc1C. The molecule has 0 radical (unpaired) electrons. The van der Waals surface area contributed by atoms with Gasteiger partial charge in [-0.25, -0.2) is 9.67 Å². The van der Waals surface area contributed by atoms with E-state index in [9.17, 15) is 4.79 Å². The zero-order valence-electron chi connectivity index (χ0n) is 15.4. The van der Waals surface area contributed by atoms with Crippen molar-refractivity contribution in [2.45, 2.75) is 43.7 Å². The molecule has 26 heavy (non-hydrogen) atoms. The van der Waals surface area contributed by atoms with E-state index in [4.69, 9.17) is 0 Å². The number of aromatic nitrogens is 3. The third-order valence-electron chi connectivity index (χ3n) is 4.11. The molecule has 0 bridgehead atoms. The molecule has 3 rings (SSSR count). The van der Waals surface area contributed by atoms with E-state index in [1.165, 1.54) is 22.9 Å². The first-order valence-electron chi connectivity index (χ1n) is 8.50. The van der Waals surface area contributed by atoms with E-state index in [2.05, 4.69) is 47.4 Å². The van der Waals surface area contributed by atoms with Crippen LogP contribution < -0.4 is 5.32 Å². The van der Waals surface area contributed by atoms with Crippen LogP contribution in [0.25, 0.3) is 0 Å². The molecule has 1 aromatic carbocycles. The molecule has 134 valence electrons. The Morgan fingerprint density at radius 2 is 1.92 bits per heavy atom. The number of rotatable bonds is 5. The van der Waals surface area contributed by atoms with Crippen molar-refractivity contribution >= 4 is 23.5 Å². The second-order valence-electron chi connectivity index (χ2n) is 6.41. The van der Waals surface area contributed by atoms with Crippen molar-refractivity contribution in [2.75, 3.05) is 5.32 Å². The third kappa shape index (κ3) is 3.96. The van der Waals surface area contributed by atoms with Crippen LogP contribution in [0, 0.1) is 13.8 Å². The number of aryl methyl sites for hydroxylation is 2. The molecule has 2 aromatic heterocycles. The summed E-state index contributed by atoms with van der Waals surface area (Å²) >= 11 is 1.49. The van der Waals surface area contributed by atoms with Crippen LogP contribution in [0.4, 0.5) is 5.82 Å². The Hall–Kier alpha value is -2.60. The molecule has 1 N–H and O–H groups in total. The van der Waals surface area contributed by atoms with E-state index in [1.807, 2.05) is 13.8 Å². The van der Waals surface area contributed by atoms with Crippen LogP contribution in [0.1, 0.15) is 41.4 Å². The Labute approximate surface area is 157 Å². The standard InChI is InChI=1S/C20H22N4OS/c1-13(2)24-18(9-11-22-24)23-19(25)17-6-5-10-21-20(17)26-16-8-7-14(3)15(4)12-16/h5-13H,1-4H3,(H,23,25). The fraction of sp³-hybridized carbons (Fsp3) is 0.250. The highest BCUT2D eigenvalue weighted by Gasteiger charge is 2.16. The van der Waals surface area contributed by atoms with Gasteiger partial charge in [-0.15, -0.1) is 0 Å². The largest absolute Gasteiger partial charge is 0.307 e. The number of nitrogens with zero attached hydrogens (tertiary/aromatic N) is 3. The molecule has 6 heteroatoms. The molecule has 2 heterocycles. The molecular weight excluding hydrogens is 344 g/mol. The molecule has 0 aliphatic carbocycles. The first kappa shape index (κ1) is 18.2. The summed E-state index contributed by atoms with van der Waals surface area (Å²) in [7, 11) is 0. The molecular formula is C20H22N4OS. The third-order valence-corrected chi connectivity index (χ3v) is 5.12. The van der Waals surface area contributed by atoms with Gasteiger partial charge in [0, 0.05) is 23.2 Å². The van der Waals surface area contributed by atoms with Gasteiger partial charge in [0.1, 0.15) is 10.8 Å². The predicted molar refractivity (Wildman–Crippen MR) is 105 cm³/mol. The summed E-state index contributed by atoms with van der Waals surface area (Å²) in [5.41, 5.74) is 3.01. The maximum Gasteiger partial charge on any atom is 0.259 e. The van der Waals surface area contributed by atoms with Crippen LogP contribution in [0.5, 0.6) is 0 Å². The highest BCUT2D eigenvalue weighted by atomic mass is 32.2. The van der Waals surface area contributed by atoms with Gasteiger partial charge < -0.3 is 5.32 Å². The van der Waals surface area contributed by atoms with E-state index < -0.39 is 0 Å². The average Bonchev–Trinajstić information content (AvgIpc) is 3.07. The Balaban J connectivity index is 1.85. The van der Waals surface area contributed by atoms with Crippen LogP contribution in [-0.2, 0) is 0 Å². The van der Waals surface area contributed by atoms with Crippen molar-refractivity contribution in [3.63, 3.8) is 0 Å². The molecule has 0 unspecified atom stereocenters. The van der Waals surface area contributed by atoms with Crippen LogP contribution in [0.3, 0.4) is 0 Å². The number of hydrogen-bond donors (Lipinski definition) is 1. The molecule has 1 amide bonds. The Morgan fingerprint density at radius 1 is 1.12 bits per heavy atom. The number of amides is 1.